The highest BCUT2D eigenvalue weighted by Crippen LogP contribution is 2.38. The van der Waals surface area contributed by atoms with Crippen LogP contribution >= 0.6 is 0 Å². The molecule has 1 aromatic rings. The first kappa shape index (κ1) is 9.46. The Kier molecular flexibility index (Phi) is 2.19. The molecule has 76 valence electrons. The largest absolute Gasteiger partial charge is 0.474 e. The molecule has 14 heavy (non-hydrogen) atoms. The number of fused-ring (bicyclic) bond motifs is 1. The molecule has 1 heterocycles. The minimum Gasteiger partial charge on any atom is -0.474 e. The third kappa shape index (κ3) is 1.38. The van der Waals surface area contributed by atoms with Crippen LogP contribution in [0.3, 0.4) is 0 Å². The number of halogens is 1. The second kappa shape index (κ2) is 3.24. The van der Waals surface area contributed by atoms with E-state index in [1.54, 1.807) is 6.07 Å². The predicted molar refractivity (Wildman–Crippen MR) is 52.9 cm³/mol. The standard InChI is InChI=1S/C11H14FNO/c1-7-9-5-4-8(12)6-10(9)14-11(7)13(2)3/h4-7,11H,1-3H3. The van der Waals surface area contributed by atoms with Gasteiger partial charge in [0.25, 0.3) is 0 Å². The van der Waals surface area contributed by atoms with E-state index in [2.05, 4.69) is 6.92 Å². The Balaban J connectivity index is 2.35. The second-order valence-corrected chi connectivity index (χ2v) is 3.94. The van der Waals surface area contributed by atoms with E-state index in [1.807, 2.05) is 19.0 Å². The Morgan fingerprint density at radius 3 is 2.71 bits per heavy atom. The summed E-state index contributed by atoms with van der Waals surface area (Å²) in [7, 11) is 3.92. The van der Waals surface area contributed by atoms with Gasteiger partial charge >= 0.3 is 0 Å². The molecule has 0 amide bonds. The van der Waals surface area contributed by atoms with Crippen molar-refractivity contribution in [2.24, 2.45) is 0 Å². The number of ether oxygens (including phenoxy) is 1. The zero-order chi connectivity index (χ0) is 10.3. The quantitative estimate of drug-likeness (QED) is 0.681. The van der Waals surface area contributed by atoms with E-state index < -0.39 is 0 Å². The molecule has 0 bridgehead atoms. The van der Waals surface area contributed by atoms with Gasteiger partial charge < -0.3 is 4.74 Å². The highest BCUT2D eigenvalue weighted by molar-refractivity contribution is 5.40. The van der Waals surface area contributed by atoms with E-state index in [0.717, 1.165) is 5.56 Å². The lowest BCUT2D eigenvalue weighted by Gasteiger charge is -2.22. The molecule has 0 saturated heterocycles. The Morgan fingerprint density at radius 2 is 2.07 bits per heavy atom. The maximum Gasteiger partial charge on any atom is 0.158 e. The number of hydrogen-bond acceptors (Lipinski definition) is 2. The molecule has 1 aliphatic heterocycles. The van der Waals surface area contributed by atoms with Crippen molar-refractivity contribution in [2.75, 3.05) is 14.1 Å². The van der Waals surface area contributed by atoms with E-state index in [1.165, 1.54) is 12.1 Å². The molecule has 0 aliphatic carbocycles. The zero-order valence-electron chi connectivity index (χ0n) is 8.62. The van der Waals surface area contributed by atoms with Crippen LogP contribution in [0.1, 0.15) is 18.4 Å². The molecule has 0 saturated carbocycles. The normalized spacial score (nSPS) is 24.9. The highest BCUT2D eigenvalue weighted by atomic mass is 19.1. The Hall–Kier alpha value is -1.09. The average Bonchev–Trinajstić information content (AvgIpc) is 2.43. The van der Waals surface area contributed by atoms with Gasteiger partial charge in [-0.1, -0.05) is 13.0 Å². The van der Waals surface area contributed by atoms with Crippen molar-refractivity contribution in [3.05, 3.63) is 29.6 Å². The summed E-state index contributed by atoms with van der Waals surface area (Å²) in [6.07, 6.45) is 0.0202. The molecule has 2 rings (SSSR count). The van der Waals surface area contributed by atoms with Crippen molar-refractivity contribution < 1.29 is 9.13 Å². The lowest BCUT2D eigenvalue weighted by molar-refractivity contribution is 0.0682. The van der Waals surface area contributed by atoms with E-state index in [9.17, 15) is 4.39 Å². The molecule has 0 aromatic heterocycles. The Bertz CT molecular complexity index is 351. The van der Waals surface area contributed by atoms with Gasteiger partial charge in [0.2, 0.25) is 0 Å². The molecule has 0 spiro atoms. The number of benzene rings is 1. The second-order valence-electron chi connectivity index (χ2n) is 3.94. The van der Waals surface area contributed by atoms with Crippen LogP contribution in [0.25, 0.3) is 0 Å². The molecule has 0 radical (unpaired) electrons. The summed E-state index contributed by atoms with van der Waals surface area (Å²) in [6.45, 7) is 2.09. The van der Waals surface area contributed by atoms with Crippen LogP contribution in [0.4, 0.5) is 4.39 Å². The van der Waals surface area contributed by atoms with E-state index in [4.69, 9.17) is 4.74 Å². The first-order valence-corrected chi connectivity index (χ1v) is 4.72. The summed E-state index contributed by atoms with van der Waals surface area (Å²) in [5, 5.41) is 0. The molecule has 0 N–H and O–H groups in total. The third-order valence-electron chi connectivity index (χ3n) is 2.65. The van der Waals surface area contributed by atoms with Crippen LogP contribution in [-0.2, 0) is 0 Å². The first-order chi connectivity index (χ1) is 6.59. The van der Waals surface area contributed by atoms with Crippen LogP contribution in [0, 0.1) is 5.82 Å². The van der Waals surface area contributed by atoms with Gasteiger partial charge in [0, 0.05) is 17.5 Å². The van der Waals surface area contributed by atoms with Gasteiger partial charge in [0.05, 0.1) is 0 Å². The molecule has 1 aromatic carbocycles. The van der Waals surface area contributed by atoms with Crippen LogP contribution in [-0.4, -0.2) is 25.2 Å². The van der Waals surface area contributed by atoms with Gasteiger partial charge in [-0.3, -0.25) is 4.90 Å². The van der Waals surface area contributed by atoms with Gasteiger partial charge in [0.15, 0.2) is 6.23 Å². The maximum absolute atomic E-state index is 12.9. The molecule has 2 unspecified atom stereocenters. The number of rotatable bonds is 1. The molecular formula is C11H14FNO. The van der Waals surface area contributed by atoms with Crippen molar-refractivity contribution >= 4 is 0 Å². The van der Waals surface area contributed by atoms with Crippen LogP contribution < -0.4 is 4.74 Å². The monoisotopic (exact) mass is 195 g/mol. The summed E-state index contributed by atoms with van der Waals surface area (Å²) in [5.41, 5.74) is 1.09. The minimum atomic E-state index is -0.240. The van der Waals surface area contributed by atoms with E-state index in [0.29, 0.717) is 11.7 Å². The van der Waals surface area contributed by atoms with Crippen molar-refractivity contribution in [1.82, 2.24) is 4.90 Å². The average molecular weight is 195 g/mol. The summed E-state index contributed by atoms with van der Waals surface area (Å²) in [4.78, 5) is 2.00. The topological polar surface area (TPSA) is 12.5 Å². The van der Waals surface area contributed by atoms with Crippen LogP contribution in [0.15, 0.2) is 18.2 Å². The van der Waals surface area contributed by atoms with Gasteiger partial charge in [0.1, 0.15) is 11.6 Å². The fourth-order valence-electron chi connectivity index (χ4n) is 1.92. The molecule has 1 aliphatic rings. The van der Waals surface area contributed by atoms with E-state index in [-0.39, 0.29) is 12.0 Å². The SMILES string of the molecule is CC1c2ccc(F)cc2OC1N(C)C. The van der Waals surface area contributed by atoms with Gasteiger partial charge in [-0.15, -0.1) is 0 Å². The zero-order valence-corrected chi connectivity index (χ0v) is 8.62. The number of hydrogen-bond donors (Lipinski definition) is 0. The number of likely N-dealkylation sites (N-methyl/N-ethyl adjacent to an activating group) is 1. The molecule has 2 nitrogen and oxygen atoms in total. The first-order valence-electron chi connectivity index (χ1n) is 4.72. The summed E-state index contributed by atoms with van der Waals surface area (Å²) < 4.78 is 18.6. The van der Waals surface area contributed by atoms with Crippen molar-refractivity contribution in [1.29, 1.82) is 0 Å². The van der Waals surface area contributed by atoms with Crippen molar-refractivity contribution in [3.63, 3.8) is 0 Å². The third-order valence-corrected chi connectivity index (χ3v) is 2.65. The fourth-order valence-corrected chi connectivity index (χ4v) is 1.92. The van der Waals surface area contributed by atoms with Gasteiger partial charge in [-0.05, 0) is 20.2 Å². The molecule has 3 heteroatoms. The highest BCUT2D eigenvalue weighted by Gasteiger charge is 2.32. The number of nitrogens with zero attached hydrogens (tertiary/aromatic N) is 1. The van der Waals surface area contributed by atoms with Gasteiger partial charge in [-0.25, -0.2) is 4.39 Å². The molecule has 0 fully saturated rings. The fraction of sp³-hybridized carbons (Fsp3) is 0.455. The molecular weight excluding hydrogens is 181 g/mol. The van der Waals surface area contributed by atoms with E-state index >= 15 is 0 Å². The lowest BCUT2D eigenvalue weighted by atomic mass is 10.0. The lowest BCUT2D eigenvalue weighted by Crippen LogP contribution is -2.33. The minimum absolute atomic E-state index is 0.0202. The van der Waals surface area contributed by atoms with Crippen molar-refractivity contribution in [2.45, 2.75) is 19.1 Å². The molecule has 2 atom stereocenters. The summed E-state index contributed by atoms with van der Waals surface area (Å²) in [6, 6.07) is 4.74. The Labute approximate surface area is 83.3 Å². The van der Waals surface area contributed by atoms with Crippen LogP contribution in [0.2, 0.25) is 0 Å². The maximum atomic E-state index is 12.9. The summed E-state index contributed by atoms with van der Waals surface area (Å²) in [5.74, 6) is 0.729. The Morgan fingerprint density at radius 1 is 1.36 bits per heavy atom. The van der Waals surface area contributed by atoms with Crippen LogP contribution in [0.5, 0.6) is 5.75 Å². The summed E-state index contributed by atoms with van der Waals surface area (Å²) >= 11 is 0. The van der Waals surface area contributed by atoms with Crippen molar-refractivity contribution in [3.8, 4) is 5.75 Å². The van der Waals surface area contributed by atoms with Gasteiger partial charge in [-0.2, -0.15) is 0 Å². The smallest absolute Gasteiger partial charge is 0.158 e. The predicted octanol–water partition coefficient (Wildman–Crippen LogP) is 2.21.